The number of aromatic nitrogens is 1. The number of carbonyl (C=O) groups excluding carboxylic acids is 2. The lowest BCUT2D eigenvalue weighted by molar-refractivity contribution is 0.101. The molecular formula is C19H19ClN4O4S. The summed E-state index contributed by atoms with van der Waals surface area (Å²) in [6.45, 7) is 1.89. The van der Waals surface area contributed by atoms with E-state index >= 15 is 0 Å². The van der Waals surface area contributed by atoms with Gasteiger partial charge < -0.3 is 15.2 Å². The molecule has 0 spiro atoms. The summed E-state index contributed by atoms with van der Waals surface area (Å²) in [6, 6.07) is 10.1. The minimum Gasteiger partial charge on any atom is -0.340 e. The van der Waals surface area contributed by atoms with Crippen molar-refractivity contribution in [3.63, 3.8) is 0 Å². The summed E-state index contributed by atoms with van der Waals surface area (Å²) in [5.74, 6) is -0.364. The van der Waals surface area contributed by atoms with E-state index in [9.17, 15) is 18.0 Å². The number of benzene rings is 2. The van der Waals surface area contributed by atoms with Gasteiger partial charge in [-0.05, 0) is 48.9 Å². The van der Waals surface area contributed by atoms with Crippen LogP contribution < -0.4 is 15.4 Å². The fourth-order valence-corrected chi connectivity index (χ4v) is 4.02. The zero-order valence-corrected chi connectivity index (χ0v) is 17.5. The zero-order chi connectivity index (χ0) is 21.3. The van der Waals surface area contributed by atoms with Gasteiger partial charge in [0.05, 0.1) is 9.92 Å². The molecule has 3 amide bonds. The van der Waals surface area contributed by atoms with E-state index in [0.29, 0.717) is 16.4 Å². The highest BCUT2D eigenvalue weighted by Gasteiger charge is 2.18. The number of urea groups is 1. The Balaban J connectivity index is 1.83. The number of carbonyl (C=O) groups is 2. The third-order valence-corrected chi connectivity index (χ3v) is 6.31. The van der Waals surface area contributed by atoms with E-state index in [1.807, 2.05) is 23.8 Å². The van der Waals surface area contributed by atoms with E-state index in [2.05, 4.69) is 10.6 Å². The summed E-state index contributed by atoms with van der Waals surface area (Å²) in [5, 5.41) is 6.27. The predicted molar refractivity (Wildman–Crippen MR) is 112 cm³/mol. The number of halogens is 1. The van der Waals surface area contributed by atoms with Crippen molar-refractivity contribution in [3.8, 4) is 0 Å². The number of aryl methyl sites for hydroxylation is 2. The molecule has 0 fully saturated rings. The molecule has 0 aliphatic carbocycles. The van der Waals surface area contributed by atoms with Gasteiger partial charge in [0.1, 0.15) is 5.69 Å². The second-order valence-electron chi connectivity index (χ2n) is 6.38. The lowest BCUT2D eigenvalue weighted by atomic mass is 10.2. The van der Waals surface area contributed by atoms with Gasteiger partial charge in [-0.3, -0.25) is 4.79 Å². The number of amides is 3. The molecule has 0 saturated carbocycles. The smallest absolute Gasteiger partial charge is 0.328 e. The number of nitrogens with zero attached hydrogens (tertiary/aromatic N) is 1. The SMILES string of the molecule is CNC(=O)NS(=O)(=O)c1ccc(NC(=O)c2cc3c(Cl)c(C)ccc3n2C)cc1. The van der Waals surface area contributed by atoms with E-state index in [0.717, 1.165) is 16.5 Å². The first-order chi connectivity index (χ1) is 13.6. The largest absolute Gasteiger partial charge is 0.340 e. The van der Waals surface area contributed by atoms with Crippen LogP contribution in [-0.4, -0.2) is 32.0 Å². The molecule has 1 heterocycles. The summed E-state index contributed by atoms with van der Waals surface area (Å²) >= 11 is 6.35. The molecule has 0 aliphatic rings. The average molecular weight is 435 g/mol. The summed E-state index contributed by atoms with van der Waals surface area (Å²) in [7, 11) is -0.918. The zero-order valence-electron chi connectivity index (χ0n) is 15.9. The van der Waals surface area contributed by atoms with E-state index in [4.69, 9.17) is 11.6 Å². The van der Waals surface area contributed by atoms with Crippen LogP contribution in [0.4, 0.5) is 10.5 Å². The van der Waals surface area contributed by atoms with Gasteiger partial charge in [-0.25, -0.2) is 17.9 Å². The predicted octanol–water partition coefficient (Wildman–Crippen LogP) is 3.01. The fraction of sp³-hybridized carbons (Fsp3) is 0.158. The van der Waals surface area contributed by atoms with Gasteiger partial charge in [0.15, 0.2) is 0 Å². The molecule has 2 aromatic carbocycles. The fourth-order valence-electron chi connectivity index (χ4n) is 2.85. The Morgan fingerprint density at radius 3 is 2.34 bits per heavy atom. The summed E-state index contributed by atoms with van der Waals surface area (Å²) in [6.07, 6.45) is 0. The first-order valence-electron chi connectivity index (χ1n) is 8.54. The van der Waals surface area contributed by atoms with Crippen LogP contribution in [0.25, 0.3) is 10.9 Å². The third-order valence-electron chi connectivity index (χ3n) is 4.46. The minimum absolute atomic E-state index is 0.106. The molecule has 152 valence electrons. The van der Waals surface area contributed by atoms with Crippen LogP contribution in [0.2, 0.25) is 5.02 Å². The second-order valence-corrected chi connectivity index (χ2v) is 8.44. The van der Waals surface area contributed by atoms with Crippen LogP contribution in [-0.2, 0) is 17.1 Å². The molecule has 0 aliphatic heterocycles. The molecule has 0 unspecified atom stereocenters. The number of sulfonamides is 1. The van der Waals surface area contributed by atoms with Crippen molar-refractivity contribution in [2.45, 2.75) is 11.8 Å². The minimum atomic E-state index is -4.00. The van der Waals surface area contributed by atoms with Gasteiger partial charge in [0, 0.05) is 30.7 Å². The Morgan fingerprint density at radius 1 is 1.07 bits per heavy atom. The molecule has 0 atom stereocenters. The number of nitrogens with one attached hydrogen (secondary N) is 3. The molecule has 3 aromatic rings. The van der Waals surface area contributed by atoms with Crippen LogP contribution in [0.15, 0.2) is 47.4 Å². The van der Waals surface area contributed by atoms with E-state index in [-0.39, 0.29) is 10.8 Å². The van der Waals surface area contributed by atoms with Gasteiger partial charge in [-0.15, -0.1) is 0 Å². The number of hydrogen-bond acceptors (Lipinski definition) is 4. The maximum atomic E-state index is 12.7. The third kappa shape index (κ3) is 4.06. The Bertz CT molecular complexity index is 1220. The van der Waals surface area contributed by atoms with Crippen molar-refractivity contribution in [1.29, 1.82) is 0 Å². The van der Waals surface area contributed by atoms with Crippen molar-refractivity contribution in [3.05, 3.63) is 58.7 Å². The molecule has 3 rings (SSSR count). The first-order valence-corrected chi connectivity index (χ1v) is 10.4. The van der Waals surface area contributed by atoms with Gasteiger partial charge in [-0.1, -0.05) is 17.7 Å². The average Bonchev–Trinajstić information content (AvgIpc) is 3.02. The van der Waals surface area contributed by atoms with Gasteiger partial charge in [-0.2, -0.15) is 0 Å². The number of rotatable bonds is 4. The Hall–Kier alpha value is -3.04. The topological polar surface area (TPSA) is 109 Å². The second kappa shape index (κ2) is 7.76. The van der Waals surface area contributed by atoms with Crippen LogP contribution in [0.3, 0.4) is 0 Å². The lowest BCUT2D eigenvalue weighted by Crippen LogP contribution is -2.37. The van der Waals surface area contributed by atoms with E-state index in [1.54, 1.807) is 17.7 Å². The highest BCUT2D eigenvalue weighted by atomic mass is 35.5. The lowest BCUT2D eigenvalue weighted by Gasteiger charge is -2.09. The number of fused-ring (bicyclic) bond motifs is 1. The van der Waals surface area contributed by atoms with Crippen molar-refractivity contribution in [2.24, 2.45) is 7.05 Å². The van der Waals surface area contributed by atoms with Crippen LogP contribution >= 0.6 is 11.6 Å². The summed E-state index contributed by atoms with van der Waals surface area (Å²) in [4.78, 5) is 23.9. The number of hydrogen-bond donors (Lipinski definition) is 3. The maximum Gasteiger partial charge on any atom is 0.328 e. The Morgan fingerprint density at radius 2 is 1.72 bits per heavy atom. The molecule has 10 heteroatoms. The molecule has 0 saturated heterocycles. The number of anilines is 1. The molecular weight excluding hydrogens is 416 g/mol. The van der Waals surface area contributed by atoms with Crippen molar-refractivity contribution in [1.82, 2.24) is 14.6 Å². The van der Waals surface area contributed by atoms with E-state index < -0.39 is 16.1 Å². The van der Waals surface area contributed by atoms with Crippen LogP contribution in [0, 0.1) is 6.92 Å². The molecule has 0 bridgehead atoms. The van der Waals surface area contributed by atoms with Gasteiger partial charge in [0.25, 0.3) is 15.9 Å². The van der Waals surface area contributed by atoms with Crippen LogP contribution in [0.5, 0.6) is 0 Å². The summed E-state index contributed by atoms with van der Waals surface area (Å²) < 4.78 is 27.8. The monoisotopic (exact) mass is 434 g/mol. The normalized spacial score (nSPS) is 11.3. The molecule has 3 N–H and O–H groups in total. The van der Waals surface area contributed by atoms with Crippen molar-refractivity contribution in [2.75, 3.05) is 12.4 Å². The highest BCUT2D eigenvalue weighted by Crippen LogP contribution is 2.29. The van der Waals surface area contributed by atoms with E-state index in [1.165, 1.54) is 31.3 Å². The Kier molecular flexibility index (Phi) is 5.54. The quantitative estimate of drug-likeness (QED) is 0.586. The molecule has 8 nitrogen and oxygen atoms in total. The van der Waals surface area contributed by atoms with Gasteiger partial charge >= 0.3 is 6.03 Å². The first kappa shape index (κ1) is 20.7. The maximum absolute atomic E-state index is 12.7. The van der Waals surface area contributed by atoms with Gasteiger partial charge in [0.2, 0.25) is 0 Å². The van der Waals surface area contributed by atoms with Crippen LogP contribution in [0.1, 0.15) is 16.1 Å². The molecule has 1 aromatic heterocycles. The van der Waals surface area contributed by atoms with Crippen molar-refractivity contribution >= 4 is 50.2 Å². The summed E-state index contributed by atoms with van der Waals surface area (Å²) in [5.41, 5.74) is 2.55. The highest BCUT2D eigenvalue weighted by molar-refractivity contribution is 7.90. The molecule has 29 heavy (non-hydrogen) atoms. The standard InChI is InChI=1S/C19H19ClN4O4S/c1-11-4-9-15-14(17(11)20)10-16(24(15)3)18(25)22-12-5-7-13(8-6-12)29(27,28)23-19(26)21-2/h4-10H,1-3H3,(H,22,25)(H2,21,23,26). The Labute approximate surface area is 172 Å². The van der Waals surface area contributed by atoms with Crippen molar-refractivity contribution < 1.29 is 18.0 Å². The molecule has 0 radical (unpaired) electrons.